The molecular weight excluding hydrogens is 293 g/mol. The van der Waals surface area contributed by atoms with Gasteiger partial charge in [-0.15, -0.1) is 0 Å². The zero-order chi connectivity index (χ0) is 14.1. The number of benzene rings is 2. The molecule has 4 heteroatoms. The van der Waals surface area contributed by atoms with Crippen LogP contribution in [0.15, 0.2) is 48.5 Å². The third kappa shape index (κ3) is 2.62. The molecule has 0 spiro atoms. The van der Waals surface area contributed by atoms with E-state index >= 15 is 0 Å². The SMILES string of the molecule is Cn1c(COc2ccc(Cl)cc2)cc2cc(Cl)ccc21. The summed E-state index contributed by atoms with van der Waals surface area (Å²) in [4.78, 5) is 0. The molecule has 3 aromatic rings. The third-order valence-corrected chi connectivity index (χ3v) is 3.79. The van der Waals surface area contributed by atoms with Gasteiger partial charge in [0.2, 0.25) is 0 Å². The van der Waals surface area contributed by atoms with Gasteiger partial charge in [0.25, 0.3) is 0 Å². The first kappa shape index (κ1) is 13.3. The number of fused-ring (bicyclic) bond motifs is 1. The number of ether oxygens (including phenoxy) is 1. The molecule has 20 heavy (non-hydrogen) atoms. The summed E-state index contributed by atoms with van der Waals surface area (Å²) in [5.74, 6) is 0.803. The second-order valence-corrected chi connectivity index (χ2v) is 5.51. The van der Waals surface area contributed by atoms with Gasteiger partial charge < -0.3 is 9.30 Å². The first-order valence-electron chi connectivity index (χ1n) is 6.26. The molecular formula is C16H13Cl2NO. The summed E-state index contributed by atoms with van der Waals surface area (Å²) in [5.41, 5.74) is 2.24. The number of aryl methyl sites for hydroxylation is 1. The molecule has 0 atom stereocenters. The van der Waals surface area contributed by atoms with Crippen LogP contribution in [-0.4, -0.2) is 4.57 Å². The number of hydrogen-bond donors (Lipinski definition) is 0. The summed E-state index contributed by atoms with van der Waals surface area (Å²) >= 11 is 11.9. The minimum absolute atomic E-state index is 0.504. The minimum Gasteiger partial charge on any atom is -0.487 e. The Balaban J connectivity index is 1.84. The molecule has 0 bridgehead atoms. The van der Waals surface area contributed by atoms with Gasteiger partial charge in [0.05, 0.1) is 5.69 Å². The second kappa shape index (κ2) is 5.39. The van der Waals surface area contributed by atoms with E-state index in [1.54, 1.807) is 0 Å². The standard InChI is InChI=1S/C16H13Cl2NO/c1-19-14(9-11-8-13(18)4-7-16(11)19)10-20-15-5-2-12(17)3-6-15/h2-9H,10H2,1H3. The molecule has 0 saturated carbocycles. The molecule has 0 N–H and O–H groups in total. The largest absolute Gasteiger partial charge is 0.487 e. The van der Waals surface area contributed by atoms with Crippen LogP contribution < -0.4 is 4.74 Å². The Labute approximate surface area is 127 Å². The van der Waals surface area contributed by atoms with Crippen molar-refractivity contribution in [2.24, 2.45) is 7.05 Å². The maximum Gasteiger partial charge on any atom is 0.128 e. The van der Waals surface area contributed by atoms with Crippen LogP contribution >= 0.6 is 23.2 Å². The molecule has 102 valence electrons. The first-order chi connectivity index (χ1) is 9.63. The summed E-state index contributed by atoms with van der Waals surface area (Å²) in [6.07, 6.45) is 0. The summed E-state index contributed by atoms with van der Waals surface area (Å²) in [7, 11) is 2.02. The second-order valence-electron chi connectivity index (χ2n) is 4.64. The van der Waals surface area contributed by atoms with Gasteiger partial charge in [-0.1, -0.05) is 23.2 Å². The van der Waals surface area contributed by atoms with Crippen molar-refractivity contribution in [1.82, 2.24) is 4.57 Å². The van der Waals surface area contributed by atoms with Crippen LogP contribution in [0.1, 0.15) is 5.69 Å². The lowest BCUT2D eigenvalue weighted by Crippen LogP contribution is -2.01. The first-order valence-corrected chi connectivity index (χ1v) is 7.01. The van der Waals surface area contributed by atoms with E-state index in [9.17, 15) is 0 Å². The molecule has 0 aliphatic carbocycles. The maximum atomic E-state index is 6.02. The van der Waals surface area contributed by atoms with E-state index in [1.807, 2.05) is 49.5 Å². The van der Waals surface area contributed by atoms with Crippen molar-refractivity contribution in [2.75, 3.05) is 0 Å². The molecule has 1 aromatic heterocycles. The topological polar surface area (TPSA) is 14.2 Å². The summed E-state index contributed by atoms with van der Waals surface area (Å²) in [5, 5.41) is 2.57. The zero-order valence-corrected chi connectivity index (χ0v) is 12.4. The lowest BCUT2D eigenvalue weighted by Gasteiger charge is -2.07. The molecule has 1 heterocycles. The smallest absolute Gasteiger partial charge is 0.128 e. The Hall–Kier alpha value is -1.64. The fraction of sp³-hybridized carbons (Fsp3) is 0.125. The lowest BCUT2D eigenvalue weighted by atomic mass is 10.2. The predicted molar refractivity (Wildman–Crippen MR) is 83.7 cm³/mol. The van der Waals surface area contributed by atoms with E-state index in [-0.39, 0.29) is 0 Å². The Morgan fingerprint density at radius 3 is 2.40 bits per heavy atom. The summed E-state index contributed by atoms with van der Waals surface area (Å²) in [6.45, 7) is 0.504. The van der Waals surface area contributed by atoms with Crippen molar-refractivity contribution < 1.29 is 4.74 Å². The van der Waals surface area contributed by atoms with E-state index in [1.165, 1.54) is 0 Å². The van der Waals surface area contributed by atoms with Crippen LogP contribution in [0, 0.1) is 0 Å². The van der Waals surface area contributed by atoms with Crippen LogP contribution in [0.5, 0.6) is 5.75 Å². The van der Waals surface area contributed by atoms with Crippen LogP contribution in [0.3, 0.4) is 0 Å². The molecule has 0 aliphatic rings. The molecule has 0 radical (unpaired) electrons. The van der Waals surface area contributed by atoms with E-state index in [2.05, 4.69) is 10.6 Å². The van der Waals surface area contributed by atoms with Gasteiger partial charge in [0, 0.05) is 28.0 Å². The molecule has 0 saturated heterocycles. The van der Waals surface area contributed by atoms with Crippen molar-refractivity contribution in [3.8, 4) is 5.75 Å². The third-order valence-electron chi connectivity index (χ3n) is 3.30. The molecule has 3 rings (SSSR count). The summed E-state index contributed by atoms with van der Waals surface area (Å²) < 4.78 is 7.89. The average Bonchev–Trinajstić information content (AvgIpc) is 2.74. The highest BCUT2D eigenvalue weighted by Gasteiger charge is 2.07. The Morgan fingerprint density at radius 2 is 1.65 bits per heavy atom. The molecule has 0 amide bonds. The molecule has 0 fully saturated rings. The predicted octanol–water partition coefficient (Wildman–Crippen LogP) is 5.06. The highest BCUT2D eigenvalue weighted by atomic mass is 35.5. The molecule has 2 aromatic carbocycles. The van der Waals surface area contributed by atoms with Crippen LogP contribution in [0.4, 0.5) is 0 Å². The number of nitrogens with zero attached hydrogens (tertiary/aromatic N) is 1. The molecule has 0 aliphatic heterocycles. The van der Waals surface area contributed by atoms with Crippen molar-refractivity contribution >= 4 is 34.1 Å². The minimum atomic E-state index is 0.504. The van der Waals surface area contributed by atoms with Gasteiger partial charge in [0.15, 0.2) is 0 Å². The fourth-order valence-corrected chi connectivity index (χ4v) is 2.51. The van der Waals surface area contributed by atoms with E-state index in [0.717, 1.165) is 27.4 Å². The van der Waals surface area contributed by atoms with Crippen LogP contribution in [0.2, 0.25) is 10.0 Å². The van der Waals surface area contributed by atoms with Crippen molar-refractivity contribution in [2.45, 2.75) is 6.61 Å². The van der Waals surface area contributed by atoms with Gasteiger partial charge in [-0.25, -0.2) is 0 Å². The van der Waals surface area contributed by atoms with Crippen LogP contribution in [0.25, 0.3) is 10.9 Å². The van der Waals surface area contributed by atoms with Crippen LogP contribution in [-0.2, 0) is 13.7 Å². The van der Waals surface area contributed by atoms with Gasteiger partial charge in [-0.3, -0.25) is 0 Å². The number of rotatable bonds is 3. The fourth-order valence-electron chi connectivity index (χ4n) is 2.20. The van der Waals surface area contributed by atoms with Gasteiger partial charge >= 0.3 is 0 Å². The number of halogens is 2. The highest BCUT2D eigenvalue weighted by molar-refractivity contribution is 6.31. The van der Waals surface area contributed by atoms with Gasteiger partial charge in [-0.2, -0.15) is 0 Å². The average molecular weight is 306 g/mol. The van der Waals surface area contributed by atoms with Crippen molar-refractivity contribution in [3.05, 3.63) is 64.3 Å². The quantitative estimate of drug-likeness (QED) is 0.659. The van der Waals surface area contributed by atoms with E-state index in [0.29, 0.717) is 11.6 Å². The summed E-state index contributed by atoms with van der Waals surface area (Å²) in [6, 6.07) is 15.3. The normalized spacial score (nSPS) is 10.9. The number of aromatic nitrogens is 1. The van der Waals surface area contributed by atoms with Gasteiger partial charge in [-0.05, 0) is 48.5 Å². The Morgan fingerprint density at radius 1 is 0.950 bits per heavy atom. The Kier molecular flexibility index (Phi) is 3.60. The van der Waals surface area contributed by atoms with E-state index in [4.69, 9.17) is 27.9 Å². The monoisotopic (exact) mass is 305 g/mol. The maximum absolute atomic E-state index is 6.02. The van der Waals surface area contributed by atoms with Crippen molar-refractivity contribution in [3.63, 3.8) is 0 Å². The van der Waals surface area contributed by atoms with Crippen molar-refractivity contribution in [1.29, 1.82) is 0 Å². The zero-order valence-electron chi connectivity index (χ0n) is 10.9. The number of hydrogen-bond acceptors (Lipinski definition) is 1. The lowest BCUT2D eigenvalue weighted by molar-refractivity contribution is 0.298. The van der Waals surface area contributed by atoms with E-state index < -0.39 is 0 Å². The molecule has 0 unspecified atom stereocenters. The molecule has 2 nitrogen and oxygen atoms in total. The highest BCUT2D eigenvalue weighted by Crippen LogP contribution is 2.24. The Bertz CT molecular complexity index is 747. The van der Waals surface area contributed by atoms with Gasteiger partial charge in [0.1, 0.15) is 12.4 Å².